The van der Waals surface area contributed by atoms with Crippen LogP contribution in [0.15, 0.2) is 18.2 Å². The van der Waals surface area contributed by atoms with Crippen LogP contribution >= 0.6 is 0 Å². The van der Waals surface area contributed by atoms with Crippen molar-refractivity contribution in [2.45, 2.75) is 32.6 Å². The van der Waals surface area contributed by atoms with Gasteiger partial charge in [0.1, 0.15) is 5.75 Å². The van der Waals surface area contributed by atoms with Gasteiger partial charge in [-0.25, -0.2) is 4.79 Å². The number of carbonyl (C=O) groups excluding carboxylic acids is 4. The number of amides is 5. The van der Waals surface area contributed by atoms with Crippen LogP contribution in [0.5, 0.6) is 5.75 Å². The summed E-state index contributed by atoms with van der Waals surface area (Å²) < 4.78 is 5.35. The molecule has 0 saturated carbocycles. The van der Waals surface area contributed by atoms with Crippen LogP contribution in [0.25, 0.3) is 0 Å². The maximum atomic E-state index is 13.0. The molecule has 0 unspecified atom stereocenters. The van der Waals surface area contributed by atoms with E-state index in [-0.39, 0.29) is 36.6 Å². The molecule has 9 nitrogen and oxygen atoms in total. The Kier molecular flexibility index (Phi) is 6.91. The number of carbonyl (C=O) groups is 4. The third-order valence-corrected chi connectivity index (χ3v) is 5.47. The zero-order valence-corrected chi connectivity index (χ0v) is 17.4. The fraction of sp³-hybridized carbons (Fsp3) is 0.524. The number of nitrogens with zero attached hydrogens (tertiary/aromatic N) is 2. The summed E-state index contributed by atoms with van der Waals surface area (Å²) in [5.41, 5.74) is 0.881. The fourth-order valence-electron chi connectivity index (χ4n) is 3.75. The van der Waals surface area contributed by atoms with Gasteiger partial charge in [-0.1, -0.05) is 6.92 Å². The van der Waals surface area contributed by atoms with Crippen molar-refractivity contribution in [1.82, 2.24) is 15.5 Å². The maximum Gasteiger partial charge on any atom is 0.328 e. The molecule has 2 aliphatic rings. The molecule has 162 valence electrons. The molecular weight excluding hydrogens is 388 g/mol. The molecule has 0 aliphatic carbocycles. The summed E-state index contributed by atoms with van der Waals surface area (Å²) in [5, 5.41) is 5.20. The van der Waals surface area contributed by atoms with E-state index < -0.39 is 6.03 Å². The number of imide groups is 1. The van der Waals surface area contributed by atoms with Gasteiger partial charge in [-0.05, 0) is 37.5 Å². The minimum absolute atomic E-state index is 0.0568. The monoisotopic (exact) mass is 416 g/mol. The quantitative estimate of drug-likeness (QED) is 0.731. The highest BCUT2D eigenvalue weighted by molar-refractivity contribution is 6.07. The smallest absolute Gasteiger partial charge is 0.328 e. The van der Waals surface area contributed by atoms with Gasteiger partial charge >= 0.3 is 6.03 Å². The molecule has 30 heavy (non-hydrogen) atoms. The third kappa shape index (κ3) is 4.72. The fourth-order valence-corrected chi connectivity index (χ4v) is 3.75. The Labute approximate surface area is 175 Å². The van der Waals surface area contributed by atoms with E-state index in [2.05, 4.69) is 10.6 Å². The lowest BCUT2D eigenvalue weighted by molar-refractivity contribution is -0.126. The molecule has 3 rings (SSSR count). The van der Waals surface area contributed by atoms with Gasteiger partial charge in [-0.2, -0.15) is 0 Å². The predicted octanol–water partition coefficient (Wildman–Crippen LogP) is 1.52. The second kappa shape index (κ2) is 9.60. The van der Waals surface area contributed by atoms with Crippen LogP contribution in [0.4, 0.5) is 10.5 Å². The number of likely N-dealkylation sites (tertiary alicyclic amines) is 1. The van der Waals surface area contributed by atoms with Crippen molar-refractivity contribution < 1.29 is 23.9 Å². The number of nitrogens with one attached hydrogen (secondary N) is 2. The molecule has 9 heteroatoms. The first-order chi connectivity index (χ1) is 14.4. The molecule has 0 radical (unpaired) electrons. The van der Waals surface area contributed by atoms with Crippen molar-refractivity contribution in [1.29, 1.82) is 0 Å². The third-order valence-electron chi connectivity index (χ3n) is 5.47. The second-order valence-electron chi connectivity index (χ2n) is 7.50. The van der Waals surface area contributed by atoms with Crippen LogP contribution in [0.3, 0.4) is 0 Å². The lowest BCUT2D eigenvalue weighted by Gasteiger charge is -2.32. The number of hydrogen-bond acceptors (Lipinski definition) is 5. The largest absolute Gasteiger partial charge is 0.495 e. The molecule has 2 N–H and O–H groups in total. The summed E-state index contributed by atoms with van der Waals surface area (Å²) in [6, 6.07) is 4.40. The van der Waals surface area contributed by atoms with E-state index in [1.807, 2.05) is 6.92 Å². The van der Waals surface area contributed by atoms with E-state index in [4.69, 9.17) is 4.74 Å². The Morgan fingerprint density at radius 3 is 2.57 bits per heavy atom. The summed E-state index contributed by atoms with van der Waals surface area (Å²) >= 11 is 0. The molecule has 0 spiro atoms. The van der Waals surface area contributed by atoms with Crippen LogP contribution in [-0.2, 0) is 9.59 Å². The van der Waals surface area contributed by atoms with Crippen LogP contribution in [0, 0.1) is 5.92 Å². The van der Waals surface area contributed by atoms with Gasteiger partial charge in [-0.3, -0.25) is 24.6 Å². The van der Waals surface area contributed by atoms with Crippen LogP contribution < -0.4 is 20.3 Å². The number of hydrogen-bond donors (Lipinski definition) is 2. The number of ether oxygens (including phenoxy) is 1. The Bertz CT molecular complexity index is 833. The standard InChI is InChI=1S/C21H28N4O5/c1-3-9-22-19(27)14-6-10-24(11-7-14)20(28)15-4-5-17(30-2)16(13-15)25-12-8-18(26)23-21(25)29/h4-5,13-14H,3,6-12H2,1-2H3,(H,22,27)(H,23,26,29). The summed E-state index contributed by atoms with van der Waals surface area (Å²) in [6.07, 6.45) is 2.33. The van der Waals surface area contributed by atoms with Gasteiger partial charge in [0, 0.05) is 44.1 Å². The number of rotatable bonds is 6. The number of urea groups is 1. The second-order valence-corrected chi connectivity index (χ2v) is 7.50. The Morgan fingerprint density at radius 2 is 1.93 bits per heavy atom. The van der Waals surface area contributed by atoms with Crippen molar-refractivity contribution in [3.8, 4) is 5.75 Å². The normalized spacial score (nSPS) is 17.5. The van der Waals surface area contributed by atoms with E-state index >= 15 is 0 Å². The Morgan fingerprint density at radius 1 is 1.20 bits per heavy atom. The van der Waals surface area contributed by atoms with Crippen molar-refractivity contribution >= 4 is 29.4 Å². The maximum absolute atomic E-state index is 13.0. The molecule has 5 amide bonds. The first kappa shape index (κ1) is 21.6. The van der Waals surface area contributed by atoms with Gasteiger partial charge in [0.15, 0.2) is 0 Å². The molecule has 2 aliphatic heterocycles. The zero-order valence-electron chi connectivity index (χ0n) is 17.4. The number of piperidine rings is 1. The first-order valence-corrected chi connectivity index (χ1v) is 10.3. The summed E-state index contributed by atoms with van der Waals surface area (Å²) in [4.78, 5) is 52.0. The molecule has 2 heterocycles. The first-order valence-electron chi connectivity index (χ1n) is 10.3. The molecule has 0 atom stereocenters. The lowest BCUT2D eigenvalue weighted by Crippen LogP contribution is -2.49. The summed E-state index contributed by atoms with van der Waals surface area (Å²) in [7, 11) is 1.49. The zero-order chi connectivity index (χ0) is 21.7. The number of benzene rings is 1. The van der Waals surface area contributed by atoms with E-state index in [0.29, 0.717) is 49.5 Å². The minimum Gasteiger partial charge on any atom is -0.495 e. The van der Waals surface area contributed by atoms with E-state index in [0.717, 1.165) is 6.42 Å². The molecular formula is C21H28N4O5. The van der Waals surface area contributed by atoms with Crippen LogP contribution in [0.2, 0.25) is 0 Å². The minimum atomic E-state index is -0.534. The van der Waals surface area contributed by atoms with Crippen molar-refractivity contribution in [2.75, 3.05) is 38.2 Å². The summed E-state index contributed by atoms with van der Waals surface area (Å²) in [6.45, 7) is 3.90. The average molecular weight is 416 g/mol. The highest BCUT2D eigenvalue weighted by Crippen LogP contribution is 2.31. The molecule has 2 fully saturated rings. The van der Waals surface area contributed by atoms with Crippen LogP contribution in [0.1, 0.15) is 43.0 Å². The van der Waals surface area contributed by atoms with Gasteiger partial charge in [0.2, 0.25) is 11.8 Å². The molecule has 0 bridgehead atoms. The van der Waals surface area contributed by atoms with Crippen LogP contribution in [-0.4, -0.2) is 61.9 Å². The topological polar surface area (TPSA) is 108 Å². The van der Waals surface area contributed by atoms with Crippen molar-refractivity contribution in [3.05, 3.63) is 23.8 Å². The Hall–Kier alpha value is -3.10. The van der Waals surface area contributed by atoms with Gasteiger partial charge in [0.25, 0.3) is 5.91 Å². The number of methoxy groups -OCH3 is 1. The number of anilines is 1. The SMILES string of the molecule is CCCNC(=O)C1CCN(C(=O)c2ccc(OC)c(N3CCC(=O)NC3=O)c2)CC1. The predicted molar refractivity (Wildman–Crippen MR) is 110 cm³/mol. The van der Waals surface area contributed by atoms with E-state index in [9.17, 15) is 19.2 Å². The highest BCUT2D eigenvalue weighted by atomic mass is 16.5. The lowest BCUT2D eigenvalue weighted by atomic mass is 9.95. The van der Waals surface area contributed by atoms with Gasteiger partial charge in [-0.15, -0.1) is 0 Å². The van der Waals surface area contributed by atoms with E-state index in [1.54, 1.807) is 23.1 Å². The molecule has 0 aromatic heterocycles. The van der Waals surface area contributed by atoms with E-state index in [1.165, 1.54) is 12.0 Å². The Balaban J connectivity index is 1.70. The van der Waals surface area contributed by atoms with Gasteiger partial charge in [0.05, 0.1) is 12.8 Å². The average Bonchev–Trinajstić information content (AvgIpc) is 2.76. The van der Waals surface area contributed by atoms with Crippen molar-refractivity contribution in [2.24, 2.45) is 5.92 Å². The summed E-state index contributed by atoms with van der Waals surface area (Å²) in [5.74, 6) is -0.0431. The molecule has 1 aromatic carbocycles. The highest BCUT2D eigenvalue weighted by Gasteiger charge is 2.30. The van der Waals surface area contributed by atoms with Crippen molar-refractivity contribution in [3.63, 3.8) is 0 Å². The molecule has 2 saturated heterocycles. The van der Waals surface area contributed by atoms with Gasteiger partial charge < -0.3 is 15.0 Å². The molecule has 1 aromatic rings.